The number of amides is 1. The van der Waals surface area contributed by atoms with Crippen LogP contribution in [0.5, 0.6) is 17.2 Å². The third-order valence-corrected chi connectivity index (χ3v) is 5.09. The fourth-order valence-corrected chi connectivity index (χ4v) is 3.53. The van der Waals surface area contributed by atoms with Crippen LogP contribution in [0, 0.1) is 10.1 Å². The molecule has 4 rings (SSSR count). The minimum Gasteiger partial charge on any atom is -0.497 e. The van der Waals surface area contributed by atoms with Crippen LogP contribution in [0.15, 0.2) is 36.4 Å². The van der Waals surface area contributed by atoms with E-state index in [1.165, 1.54) is 12.1 Å². The number of hydrogen-bond donors (Lipinski definition) is 0. The second-order valence-corrected chi connectivity index (χ2v) is 6.75. The molecule has 0 spiro atoms. The maximum absolute atomic E-state index is 13.0. The molecule has 29 heavy (non-hydrogen) atoms. The Bertz CT molecular complexity index is 923. The Hall–Kier alpha value is -3.49. The molecular weight excluding hydrogens is 378 g/mol. The number of nitro benzene ring substituents is 1. The monoisotopic (exact) mass is 399 g/mol. The summed E-state index contributed by atoms with van der Waals surface area (Å²) in [6.45, 7) is 2.88. The molecule has 0 unspecified atom stereocenters. The quantitative estimate of drug-likeness (QED) is 0.575. The number of ether oxygens (including phenoxy) is 3. The summed E-state index contributed by atoms with van der Waals surface area (Å²) in [5, 5.41) is 11.5. The lowest BCUT2D eigenvalue weighted by Gasteiger charge is -2.36. The number of carbonyl (C=O) groups is 1. The van der Waals surface area contributed by atoms with Crippen LogP contribution in [-0.4, -0.2) is 62.2 Å². The largest absolute Gasteiger partial charge is 0.497 e. The van der Waals surface area contributed by atoms with Crippen molar-refractivity contribution in [3.63, 3.8) is 0 Å². The fourth-order valence-electron chi connectivity index (χ4n) is 3.53. The molecule has 0 saturated carbocycles. The third-order valence-electron chi connectivity index (χ3n) is 5.09. The Labute approximate surface area is 167 Å². The molecular formula is C20H21N3O6. The zero-order chi connectivity index (χ0) is 20.4. The molecule has 0 aliphatic carbocycles. The highest BCUT2D eigenvalue weighted by Crippen LogP contribution is 2.37. The molecule has 1 saturated heterocycles. The van der Waals surface area contributed by atoms with Crippen molar-refractivity contribution in [3.8, 4) is 17.2 Å². The Balaban J connectivity index is 1.50. The lowest BCUT2D eigenvalue weighted by molar-refractivity contribution is -0.385. The minimum atomic E-state index is -0.556. The van der Waals surface area contributed by atoms with Gasteiger partial charge in [-0.15, -0.1) is 0 Å². The molecule has 0 aromatic heterocycles. The first-order valence-electron chi connectivity index (χ1n) is 9.33. The molecule has 2 heterocycles. The van der Waals surface area contributed by atoms with Gasteiger partial charge in [-0.2, -0.15) is 0 Å². The number of carbonyl (C=O) groups excluding carboxylic acids is 1. The van der Waals surface area contributed by atoms with E-state index in [4.69, 9.17) is 14.2 Å². The molecule has 0 radical (unpaired) electrons. The van der Waals surface area contributed by atoms with E-state index in [-0.39, 0.29) is 17.2 Å². The van der Waals surface area contributed by atoms with E-state index in [0.717, 1.165) is 11.4 Å². The molecule has 2 aromatic rings. The summed E-state index contributed by atoms with van der Waals surface area (Å²) >= 11 is 0. The summed E-state index contributed by atoms with van der Waals surface area (Å²) < 4.78 is 16.1. The molecule has 0 atom stereocenters. The van der Waals surface area contributed by atoms with Gasteiger partial charge in [0, 0.05) is 37.9 Å². The second kappa shape index (κ2) is 7.86. The first-order valence-corrected chi connectivity index (χ1v) is 9.33. The van der Waals surface area contributed by atoms with Crippen LogP contribution in [0.4, 0.5) is 11.4 Å². The van der Waals surface area contributed by atoms with Gasteiger partial charge in [0.1, 0.15) is 24.5 Å². The summed E-state index contributed by atoms with van der Waals surface area (Å²) in [5.74, 6) is 1.07. The van der Waals surface area contributed by atoms with Crippen molar-refractivity contribution >= 4 is 17.3 Å². The van der Waals surface area contributed by atoms with Crippen LogP contribution >= 0.6 is 0 Å². The smallest absolute Gasteiger partial charge is 0.286 e. The molecule has 152 valence electrons. The third kappa shape index (κ3) is 3.75. The Morgan fingerprint density at radius 2 is 1.66 bits per heavy atom. The van der Waals surface area contributed by atoms with Crippen molar-refractivity contribution in [2.45, 2.75) is 0 Å². The van der Waals surface area contributed by atoms with Crippen molar-refractivity contribution in [1.29, 1.82) is 0 Å². The maximum atomic E-state index is 13.0. The van der Waals surface area contributed by atoms with Crippen LogP contribution in [0.2, 0.25) is 0 Å². The van der Waals surface area contributed by atoms with Crippen LogP contribution in [-0.2, 0) is 0 Å². The number of fused-ring (bicyclic) bond motifs is 1. The van der Waals surface area contributed by atoms with Crippen molar-refractivity contribution in [3.05, 3.63) is 52.1 Å². The lowest BCUT2D eigenvalue weighted by atomic mass is 10.1. The number of hydrogen-bond acceptors (Lipinski definition) is 7. The van der Waals surface area contributed by atoms with E-state index >= 15 is 0 Å². The molecule has 2 aliphatic heterocycles. The highest BCUT2D eigenvalue weighted by molar-refractivity contribution is 5.99. The van der Waals surface area contributed by atoms with Gasteiger partial charge in [-0.25, -0.2) is 0 Å². The Morgan fingerprint density at radius 3 is 2.24 bits per heavy atom. The lowest BCUT2D eigenvalue weighted by Crippen LogP contribution is -2.48. The minimum absolute atomic E-state index is 0.0251. The molecule has 9 heteroatoms. The summed E-state index contributed by atoms with van der Waals surface area (Å²) in [7, 11) is 1.62. The molecule has 1 amide bonds. The predicted molar refractivity (Wildman–Crippen MR) is 105 cm³/mol. The average molecular weight is 399 g/mol. The molecule has 0 N–H and O–H groups in total. The van der Waals surface area contributed by atoms with Gasteiger partial charge in [-0.1, -0.05) is 0 Å². The predicted octanol–water partition coefficient (Wildman–Crippen LogP) is 2.34. The van der Waals surface area contributed by atoms with Crippen LogP contribution < -0.4 is 19.1 Å². The topological polar surface area (TPSA) is 94.4 Å². The Morgan fingerprint density at radius 1 is 1.03 bits per heavy atom. The van der Waals surface area contributed by atoms with E-state index < -0.39 is 4.92 Å². The molecule has 9 nitrogen and oxygen atoms in total. The van der Waals surface area contributed by atoms with E-state index in [9.17, 15) is 14.9 Å². The van der Waals surface area contributed by atoms with E-state index in [0.29, 0.717) is 50.9 Å². The Kier molecular flexibility index (Phi) is 5.11. The summed E-state index contributed by atoms with van der Waals surface area (Å²) in [4.78, 5) is 27.8. The summed E-state index contributed by atoms with van der Waals surface area (Å²) in [5.41, 5.74) is 0.803. The first kappa shape index (κ1) is 18.9. The molecule has 2 aromatic carbocycles. The van der Waals surface area contributed by atoms with Crippen molar-refractivity contribution in [2.75, 3.05) is 51.4 Å². The number of nitrogens with zero attached hydrogens (tertiary/aromatic N) is 3. The zero-order valence-electron chi connectivity index (χ0n) is 16.0. The number of rotatable bonds is 4. The van der Waals surface area contributed by atoms with E-state index in [1.807, 2.05) is 24.3 Å². The van der Waals surface area contributed by atoms with Crippen LogP contribution in [0.25, 0.3) is 0 Å². The summed E-state index contributed by atoms with van der Waals surface area (Å²) in [6.07, 6.45) is 0. The number of methoxy groups -OCH3 is 1. The first-order chi connectivity index (χ1) is 14.1. The van der Waals surface area contributed by atoms with Gasteiger partial charge in [-0.3, -0.25) is 14.9 Å². The number of benzene rings is 2. The normalized spacial score (nSPS) is 15.8. The zero-order valence-corrected chi connectivity index (χ0v) is 16.0. The van der Waals surface area contributed by atoms with Gasteiger partial charge in [0.05, 0.1) is 18.1 Å². The standard InChI is InChI=1S/C20H21N3O6/c1-27-15-4-2-14(3-5-15)21-6-8-22(9-7-21)20(24)16-12-18-19(29-11-10-28-18)13-17(16)23(25)26/h2-5,12-13H,6-11H2,1H3. The van der Waals surface area contributed by atoms with Crippen molar-refractivity contribution < 1.29 is 23.9 Å². The molecule has 2 aliphatic rings. The van der Waals surface area contributed by atoms with Gasteiger partial charge in [0.15, 0.2) is 11.5 Å². The van der Waals surface area contributed by atoms with E-state index in [2.05, 4.69) is 4.90 Å². The number of nitro groups is 1. The van der Waals surface area contributed by atoms with Gasteiger partial charge in [-0.05, 0) is 24.3 Å². The number of anilines is 1. The highest BCUT2D eigenvalue weighted by Gasteiger charge is 2.30. The highest BCUT2D eigenvalue weighted by atomic mass is 16.6. The van der Waals surface area contributed by atoms with Crippen LogP contribution in [0.3, 0.4) is 0 Å². The average Bonchev–Trinajstić information content (AvgIpc) is 2.78. The second-order valence-electron chi connectivity index (χ2n) is 6.75. The molecule has 0 bridgehead atoms. The van der Waals surface area contributed by atoms with Gasteiger partial charge >= 0.3 is 0 Å². The maximum Gasteiger partial charge on any atom is 0.286 e. The SMILES string of the molecule is COc1ccc(N2CCN(C(=O)c3cc4c(cc3[N+](=O)[O-])OCCO4)CC2)cc1. The van der Waals surface area contributed by atoms with Crippen molar-refractivity contribution in [1.82, 2.24) is 4.90 Å². The fraction of sp³-hybridized carbons (Fsp3) is 0.350. The number of piperazine rings is 1. The van der Waals surface area contributed by atoms with Gasteiger partial charge < -0.3 is 24.0 Å². The van der Waals surface area contributed by atoms with Gasteiger partial charge in [0.25, 0.3) is 11.6 Å². The van der Waals surface area contributed by atoms with Gasteiger partial charge in [0.2, 0.25) is 0 Å². The van der Waals surface area contributed by atoms with Crippen molar-refractivity contribution in [2.24, 2.45) is 0 Å². The molecule has 1 fully saturated rings. The van der Waals surface area contributed by atoms with Crippen LogP contribution in [0.1, 0.15) is 10.4 Å². The summed E-state index contributed by atoms with van der Waals surface area (Å²) in [6, 6.07) is 10.4. The van der Waals surface area contributed by atoms with E-state index in [1.54, 1.807) is 12.0 Å².